The molecule has 0 fully saturated rings. The number of rotatable bonds is 6. The Kier molecular flexibility index (Phi) is 5.41. The molecule has 144 valence electrons. The van der Waals surface area contributed by atoms with Gasteiger partial charge in [0.15, 0.2) is 0 Å². The second-order valence-corrected chi connectivity index (χ2v) is 6.79. The number of hydrogen-bond donors (Lipinski definition) is 1. The van der Waals surface area contributed by atoms with Gasteiger partial charge in [-0.1, -0.05) is 23.2 Å². The Morgan fingerprint density at radius 2 is 1.86 bits per heavy atom. The normalized spacial score (nSPS) is 12.9. The molecule has 3 amide bonds. The quantitative estimate of drug-likeness (QED) is 0.452. The average molecular weight is 402 g/mol. The first-order chi connectivity index (χ1) is 13.3. The van der Waals surface area contributed by atoms with E-state index in [1.165, 1.54) is 18.2 Å². The summed E-state index contributed by atoms with van der Waals surface area (Å²) in [5.41, 5.74) is 1.58. The fraction of sp³-hybridized carbons (Fsp3) is 0.211. The van der Waals surface area contributed by atoms with E-state index in [0.29, 0.717) is 11.1 Å². The average Bonchev–Trinajstić information content (AvgIpc) is 2.87. The molecule has 1 heterocycles. The summed E-state index contributed by atoms with van der Waals surface area (Å²) in [6.45, 7) is 1.95. The van der Waals surface area contributed by atoms with Crippen molar-refractivity contribution in [2.75, 3.05) is 11.9 Å². The van der Waals surface area contributed by atoms with Gasteiger partial charge in [-0.15, -0.1) is 0 Å². The lowest BCUT2D eigenvalue weighted by Crippen LogP contribution is -2.31. The maximum Gasteiger partial charge on any atom is 0.289 e. The summed E-state index contributed by atoms with van der Waals surface area (Å²) in [4.78, 5) is 48.2. The SMILES string of the molecule is Cc1ccc2c(c1)C(=O)N(CCCC(=O)Nc1ccc(Cl)c([N+](=O)[O-])c1)C2=O. The zero-order valence-corrected chi connectivity index (χ0v) is 15.7. The van der Waals surface area contributed by atoms with Crippen molar-refractivity contribution in [1.29, 1.82) is 0 Å². The monoisotopic (exact) mass is 401 g/mol. The number of nitro groups is 1. The van der Waals surface area contributed by atoms with Gasteiger partial charge in [-0.05, 0) is 37.6 Å². The first-order valence-corrected chi connectivity index (χ1v) is 8.86. The van der Waals surface area contributed by atoms with Crippen LogP contribution in [0.5, 0.6) is 0 Å². The summed E-state index contributed by atoms with van der Waals surface area (Å²) < 4.78 is 0. The van der Waals surface area contributed by atoms with Gasteiger partial charge in [-0.2, -0.15) is 0 Å². The van der Waals surface area contributed by atoms with Crippen LogP contribution in [0.2, 0.25) is 5.02 Å². The fourth-order valence-electron chi connectivity index (χ4n) is 2.96. The van der Waals surface area contributed by atoms with Gasteiger partial charge >= 0.3 is 0 Å². The van der Waals surface area contributed by atoms with Crippen LogP contribution < -0.4 is 5.32 Å². The van der Waals surface area contributed by atoms with Crippen molar-refractivity contribution >= 4 is 40.7 Å². The van der Waals surface area contributed by atoms with Gasteiger partial charge in [0.25, 0.3) is 17.5 Å². The number of hydrogen-bond acceptors (Lipinski definition) is 5. The van der Waals surface area contributed by atoms with E-state index < -0.39 is 4.92 Å². The lowest BCUT2D eigenvalue weighted by molar-refractivity contribution is -0.384. The van der Waals surface area contributed by atoms with Crippen molar-refractivity contribution in [2.24, 2.45) is 0 Å². The van der Waals surface area contributed by atoms with Gasteiger partial charge in [-0.3, -0.25) is 29.4 Å². The second-order valence-electron chi connectivity index (χ2n) is 6.39. The Labute approximate surface area is 165 Å². The van der Waals surface area contributed by atoms with E-state index in [9.17, 15) is 24.5 Å². The number of carbonyl (C=O) groups is 3. The second kappa shape index (κ2) is 7.77. The molecule has 0 atom stereocenters. The highest BCUT2D eigenvalue weighted by Crippen LogP contribution is 2.27. The Morgan fingerprint density at radius 1 is 1.14 bits per heavy atom. The van der Waals surface area contributed by atoms with Crippen LogP contribution in [-0.4, -0.2) is 34.1 Å². The van der Waals surface area contributed by atoms with Gasteiger partial charge in [-0.25, -0.2) is 0 Å². The largest absolute Gasteiger partial charge is 0.326 e. The van der Waals surface area contributed by atoms with Crippen molar-refractivity contribution in [1.82, 2.24) is 4.90 Å². The number of nitro benzene ring substituents is 1. The molecule has 2 aromatic carbocycles. The van der Waals surface area contributed by atoms with Crippen LogP contribution in [0.4, 0.5) is 11.4 Å². The molecular weight excluding hydrogens is 386 g/mol. The van der Waals surface area contributed by atoms with Gasteiger partial charge in [0.05, 0.1) is 16.1 Å². The van der Waals surface area contributed by atoms with E-state index in [0.717, 1.165) is 10.5 Å². The third kappa shape index (κ3) is 3.86. The Balaban J connectivity index is 1.57. The number of aryl methyl sites for hydroxylation is 1. The lowest BCUT2D eigenvalue weighted by Gasteiger charge is -2.13. The maximum absolute atomic E-state index is 12.4. The van der Waals surface area contributed by atoms with Crippen LogP contribution in [0.1, 0.15) is 39.1 Å². The molecule has 0 radical (unpaired) electrons. The number of benzene rings is 2. The third-order valence-corrected chi connectivity index (χ3v) is 4.66. The van der Waals surface area contributed by atoms with E-state index in [1.807, 2.05) is 6.92 Å². The molecule has 3 rings (SSSR count). The third-order valence-electron chi connectivity index (χ3n) is 4.34. The highest BCUT2D eigenvalue weighted by molar-refractivity contribution is 6.32. The van der Waals surface area contributed by atoms with Gasteiger partial charge < -0.3 is 5.32 Å². The van der Waals surface area contributed by atoms with Crippen molar-refractivity contribution < 1.29 is 19.3 Å². The zero-order chi connectivity index (χ0) is 20.4. The fourth-order valence-corrected chi connectivity index (χ4v) is 3.15. The lowest BCUT2D eigenvalue weighted by atomic mass is 10.1. The number of halogens is 1. The number of fused-ring (bicyclic) bond motifs is 1. The summed E-state index contributed by atoms with van der Waals surface area (Å²) in [6, 6.07) is 9.04. The van der Waals surface area contributed by atoms with E-state index in [-0.39, 0.29) is 53.5 Å². The molecule has 1 aliphatic rings. The summed E-state index contributed by atoms with van der Waals surface area (Å²) in [5, 5.41) is 13.4. The van der Waals surface area contributed by atoms with Crippen molar-refractivity contribution in [3.05, 3.63) is 68.2 Å². The predicted molar refractivity (Wildman–Crippen MR) is 103 cm³/mol. The number of nitrogens with one attached hydrogen (secondary N) is 1. The van der Waals surface area contributed by atoms with Crippen molar-refractivity contribution in [3.63, 3.8) is 0 Å². The highest BCUT2D eigenvalue weighted by atomic mass is 35.5. The van der Waals surface area contributed by atoms with Crippen molar-refractivity contribution in [2.45, 2.75) is 19.8 Å². The number of imide groups is 1. The van der Waals surface area contributed by atoms with Crippen LogP contribution in [-0.2, 0) is 4.79 Å². The summed E-state index contributed by atoms with van der Waals surface area (Å²) in [6.07, 6.45) is 0.314. The number of anilines is 1. The minimum atomic E-state index is -0.637. The molecule has 0 aromatic heterocycles. The highest BCUT2D eigenvalue weighted by Gasteiger charge is 2.34. The van der Waals surface area contributed by atoms with E-state index in [1.54, 1.807) is 18.2 Å². The molecule has 8 nitrogen and oxygen atoms in total. The van der Waals surface area contributed by atoms with Crippen LogP contribution in [0.25, 0.3) is 0 Å². The molecule has 0 spiro atoms. The molecule has 0 bridgehead atoms. The molecule has 0 unspecified atom stereocenters. The summed E-state index contributed by atoms with van der Waals surface area (Å²) in [7, 11) is 0. The number of nitrogens with zero attached hydrogens (tertiary/aromatic N) is 2. The van der Waals surface area contributed by atoms with Crippen molar-refractivity contribution in [3.8, 4) is 0 Å². The minimum absolute atomic E-state index is 0.0242. The molecule has 0 aliphatic carbocycles. The van der Waals surface area contributed by atoms with E-state index in [2.05, 4.69) is 5.32 Å². The zero-order valence-electron chi connectivity index (χ0n) is 14.9. The minimum Gasteiger partial charge on any atom is -0.326 e. The van der Waals surface area contributed by atoms with Crippen LogP contribution in [0, 0.1) is 17.0 Å². The molecule has 2 aromatic rings. The molecule has 1 aliphatic heterocycles. The molecule has 1 N–H and O–H groups in total. The summed E-state index contributed by atoms with van der Waals surface area (Å²) in [5.74, 6) is -1.12. The number of amides is 3. The Hall–Kier alpha value is -3.26. The smallest absolute Gasteiger partial charge is 0.289 e. The maximum atomic E-state index is 12.4. The van der Waals surface area contributed by atoms with Gasteiger partial charge in [0, 0.05) is 24.7 Å². The van der Waals surface area contributed by atoms with Crippen LogP contribution in [0.15, 0.2) is 36.4 Å². The van der Waals surface area contributed by atoms with E-state index in [4.69, 9.17) is 11.6 Å². The first-order valence-electron chi connectivity index (χ1n) is 8.48. The van der Waals surface area contributed by atoms with Gasteiger partial charge in [0.2, 0.25) is 5.91 Å². The van der Waals surface area contributed by atoms with E-state index >= 15 is 0 Å². The molecular formula is C19H16ClN3O5. The standard InChI is InChI=1S/C19H16ClN3O5/c1-11-4-6-13-14(9-11)19(26)22(18(13)25)8-2-3-17(24)21-12-5-7-15(20)16(10-12)23(27)28/h4-7,9-10H,2-3,8H2,1H3,(H,21,24). The number of carbonyl (C=O) groups excluding carboxylic acids is 3. The molecule has 0 saturated carbocycles. The van der Waals surface area contributed by atoms with Crippen LogP contribution >= 0.6 is 11.6 Å². The molecule has 28 heavy (non-hydrogen) atoms. The Bertz CT molecular complexity index is 1010. The Morgan fingerprint density at radius 3 is 2.57 bits per heavy atom. The molecule has 9 heteroatoms. The van der Waals surface area contributed by atoms with Crippen LogP contribution in [0.3, 0.4) is 0 Å². The van der Waals surface area contributed by atoms with Gasteiger partial charge in [0.1, 0.15) is 5.02 Å². The first kappa shape index (κ1) is 19.5. The summed E-state index contributed by atoms with van der Waals surface area (Å²) >= 11 is 5.74. The topological polar surface area (TPSA) is 110 Å². The predicted octanol–water partition coefficient (Wildman–Crippen LogP) is 3.57. The molecule has 0 saturated heterocycles.